The summed E-state index contributed by atoms with van der Waals surface area (Å²) < 4.78 is 0. The van der Waals surface area contributed by atoms with E-state index in [-0.39, 0.29) is 10.8 Å². The van der Waals surface area contributed by atoms with Crippen LogP contribution >= 0.6 is 0 Å². The molecule has 0 fully saturated rings. The maximum absolute atomic E-state index is 2.43. The van der Waals surface area contributed by atoms with Gasteiger partial charge in [0.15, 0.2) is 0 Å². The quantitative estimate of drug-likeness (QED) is 0.134. The summed E-state index contributed by atoms with van der Waals surface area (Å²) in [5, 5.41) is 0. The minimum absolute atomic E-state index is 0.161. The summed E-state index contributed by atoms with van der Waals surface area (Å²) in [6.07, 6.45) is 4.58. The van der Waals surface area contributed by atoms with Gasteiger partial charge in [-0.25, -0.2) is 0 Å². The van der Waals surface area contributed by atoms with Gasteiger partial charge in [-0.1, -0.05) is 185 Å². The lowest BCUT2D eigenvalue weighted by Crippen LogP contribution is -2.17. The van der Waals surface area contributed by atoms with E-state index in [2.05, 4.69) is 269 Å². The minimum atomic E-state index is -0.183. The molecule has 0 N–H and O–H groups in total. The van der Waals surface area contributed by atoms with Crippen LogP contribution < -0.4 is 9.80 Å². The molecule has 0 aromatic heterocycles. The van der Waals surface area contributed by atoms with Crippen LogP contribution in [0, 0.1) is 6.92 Å². The Morgan fingerprint density at radius 3 is 1.18 bits per heavy atom. The van der Waals surface area contributed by atoms with E-state index in [4.69, 9.17) is 0 Å². The number of rotatable bonds is 9. The summed E-state index contributed by atoms with van der Waals surface area (Å²) in [4.78, 5) is 4.77. The maximum Gasteiger partial charge on any atom is 0.0490 e. The normalized spacial score (nSPS) is 13.8. The van der Waals surface area contributed by atoms with Gasteiger partial charge in [-0.2, -0.15) is 0 Å². The number of anilines is 6. The summed E-state index contributed by atoms with van der Waals surface area (Å²) >= 11 is 0. The zero-order valence-corrected chi connectivity index (χ0v) is 37.8. The van der Waals surface area contributed by atoms with Crippen LogP contribution in [-0.2, 0) is 10.8 Å². The summed E-state index contributed by atoms with van der Waals surface area (Å²) in [6, 6.07) is 77.7. The molecule has 0 bridgehead atoms. The lowest BCUT2D eigenvalue weighted by atomic mass is 9.81. The van der Waals surface area contributed by atoms with E-state index in [1.165, 1.54) is 78.0 Å². The van der Waals surface area contributed by atoms with Crippen molar-refractivity contribution in [1.82, 2.24) is 0 Å². The predicted molar refractivity (Wildman–Crippen MR) is 276 cm³/mol. The van der Waals surface area contributed by atoms with Crippen molar-refractivity contribution in [1.29, 1.82) is 0 Å². The SMILES string of the molecule is Cc1ccccc1N(c1ccc(-c2ccccc2)cc1)c1ccc2c(c1)C(C)(C)c1cc(/C=C/c3ccc4c(c3)C(C)(C)c3cc(N(c5ccccc5)c5ccccc5)ccc3-4)ccc1-2. The molecule has 2 aliphatic carbocycles. The van der Waals surface area contributed by atoms with Gasteiger partial charge in [0, 0.05) is 45.0 Å². The van der Waals surface area contributed by atoms with Crippen LogP contribution in [0.25, 0.3) is 45.5 Å². The van der Waals surface area contributed by atoms with Crippen molar-refractivity contribution >= 4 is 46.3 Å². The third-order valence-corrected chi connectivity index (χ3v) is 14.0. The summed E-state index contributed by atoms with van der Waals surface area (Å²) in [6.45, 7) is 11.7. The zero-order chi connectivity index (χ0) is 44.3. The van der Waals surface area contributed by atoms with Gasteiger partial charge in [-0.3, -0.25) is 0 Å². The van der Waals surface area contributed by atoms with Crippen LogP contribution in [0.5, 0.6) is 0 Å². The van der Waals surface area contributed by atoms with E-state index < -0.39 is 0 Å². The molecule has 0 saturated carbocycles. The van der Waals surface area contributed by atoms with Crippen LogP contribution in [0.1, 0.15) is 66.6 Å². The average Bonchev–Trinajstić information content (AvgIpc) is 3.71. The Hall–Kier alpha value is -7.68. The molecule has 0 radical (unpaired) electrons. The molecular weight excluding hydrogens is 785 g/mol. The minimum Gasteiger partial charge on any atom is -0.310 e. The van der Waals surface area contributed by atoms with E-state index in [9.17, 15) is 0 Å². The molecular formula is C63H52N2. The van der Waals surface area contributed by atoms with Gasteiger partial charge in [0.1, 0.15) is 0 Å². The van der Waals surface area contributed by atoms with Crippen LogP contribution in [0.2, 0.25) is 0 Å². The summed E-state index contributed by atoms with van der Waals surface area (Å²) in [5.41, 5.74) is 23.4. The van der Waals surface area contributed by atoms with Crippen molar-refractivity contribution in [2.45, 2.75) is 45.4 Å². The molecule has 314 valence electrons. The lowest BCUT2D eigenvalue weighted by Gasteiger charge is -2.29. The monoisotopic (exact) mass is 836 g/mol. The Labute approximate surface area is 384 Å². The Morgan fingerprint density at radius 1 is 0.323 bits per heavy atom. The van der Waals surface area contributed by atoms with Crippen LogP contribution in [0.3, 0.4) is 0 Å². The number of aryl methyl sites for hydroxylation is 1. The molecule has 0 atom stereocenters. The lowest BCUT2D eigenvalue weighted by molar-refractivity contribution is 0.660. The summed E-state index contributed by atoms with van der Waals surface area (Å²) in [7, 11) is 0. The van der Waals surface area contributed by atoms with E-state index in [1.54, 1.807) is 0 Å². The van der Waals surface area contributed by atoms with E-state index in [0.29, 0.717) is 0 Å². The van der Waals surface area contributed by atoms with Gasteiger partial charge in [0.2, 0.25) is 0 Å². The van der Waals surface area contributed by atoms with Crippen LogP contribution in [0.15, 0.2) is 212 Å². The molecule has 2 nitrogen and oxygen atoms in total. The van der Waals surface area contributed by atoms with Gasteiger partial charge >= 0.3 is 0 Å². The number of nitrogens with zero attached hydrogens (tertiary/aromatic N) is 2. The second-order valence-electron chi connectivity index (χ2n) is 18.7. The van der Waals surface area contributed by atoms with E-state index in [0.717, 1.165) is 28.4 Å². The molecule has 0 unspecified atom stereocenters. The van der Waals surface area contributed by atoms with Crippen molar-refractivity contribution in [3.63, 3.8) is 0 Å². The zero-order valence-electron chi connectivity index (χ0n) is 37.8. The number of para-hydroxylation sites is 3. The Balaban J connectivity index is 0.882. The number of hydrogen-bond donors (Lipinski definition) is 0. The number of fused-ring (bicyclic) bond motifs is 6. The van der Waals surface area contributed by atoms with Crippen molar-refractivity contribution in [2.24, 2.45) is 0 Å². The molecule has 65 heavy (non-hydrogen) atoms. The van der Waals surface area contributed by atoms with Crippen molar-refractivity contribution < 1.29 is 0 Å². The topological polar surface area (TPSA) is 6.48 Å². The molecule has 0 heterocycles. The van der Waals surface area contributed by atoms with Crippen molar-refractivity contribution in [2.75, 3.05) is 9.80 Å². The van der Waals surface area contributed by atoms with Gasteiger partial charge in [0.25, 0.3) is 0 Å². The first-order chi connectivity index (χ1) is 31.6. The van der Waals surface area contributed by atoms with Crippen molar-refractivity contribution in [3.05, 3.63) is 251 Å². The molecule has 11 rings (SSSR count). The molecule has 0 saturated heterocycles. The molecule has 2 heteroatoms. The first-order valence-electron chi connectivity index (χ1n) is 22.8. The van der Waals surface area contributed by atoms with E-state index in [1.807, 2.05) is 0 Å². The van der Waals surface area contributed by atoms with Gasteiger partial charge in [-0.15, -0.1) is 0 Å². The molecule has 9 aromatic carbocycles. The highest BCUT2D eigenvalue weighted by Gasteiger charge is 2.38. The Kier molecular flexibility index (Phi) is 9.78. The van der Waals surface area contributed by atoms with Crippen LogP contribution in [-0.4, -0.2) is 0 Å². The molecule has 0 amide bonds. The fourth-order valence-electron chi connectivity index (χ4n) is 10.4. The maximum atomic E-state index is 2.43. The third-order valence-electron chi connectivity index (χ3n) is 14.0. The molecule has 0 spiro atoms. The standard InChI is InChI=1S/C63H52N2/c1-43-17-15-16-24-61(43)65(50-31-29-47(30-32-50)46-18-9-6-10-19-46)52-34-38-56-54-36-28-45(40-58(54)63(4,5)60(56)42-52)26-25-44-27-35-53-55-37-33-51(41-59(55)62(2,3)57(53)39-44)64(48-20-11-7-12-21-48)49-22-13-8-14-23-49/h6-42H,1-5H3/b26-25+. The fraction of sp³-hybridized carbons (Fsp3) is 0.111. The molecule has 9 aromatic rings. The second kappa shape index (κ2) is 15.8. The first-order valence-corrected chi connectivity index (χ1v) is 22.8. The third kappa shape index (κ3) is 6.98. The Bertz CT molecular complexity index is 3210. The van der Waals surface area contributed by atoms with Gasteiger partial charge in [-0.05, 0) is 146 Å². The van der Waals surface area contributed by atoms with E-state index >= 15 is 0 Å². The first kappa shape index (κ1) is 40.1. The molecule has 2 aliphatic rings. The smallest absolute Gasteiger partial charge is 0.0490 e. The number of benzene rings is 9. The highest BCUT2D eigenvalue weighted by Crippen LogP contribution is 2.53. The second-order valence-corrected chi connectivity index (χ2v) is 18.7. The van der Waals surface area contributed by atoms with Crippen molar-refractivity contribution in [3.8, 4) is 33.4 Å². The van der Waals surface area contributed by atoms with Gasteiger partial charge in [0.05, 0.1) is 0 Å². The average molecular weight is 837 g/mol. The van der Waals surface area contributed by atoms with Crippen LogP contribution in [0.4, 0.5) is 34.1 Å². The predicted octanol–water partition coefficient (Wildman–Crippen LogP) is 17.4. The largest absolute Gasteiger partial charge is 0.310 e. The summed E-state index contributed by atoms with van der Waals surface area (Å²) in [5.74, 6) is 0. The number of hydrogen-bond acceptors (Lipinski definition) is 2. The Morgan fingerprint density at radius 2 is 0.692 bits per heavy atom. The fourth-order valence-corrected chi connectivity index (χ4v) is 10.4. The highest BCUT2D eigenvalue weighted by molar-refractivity contribution is 5.89. The molecule has 0 aliphatic heterocycles. The van der Waals surface area contributed by atoms with Gasteiger partial charge < -0.3 is 9.80 Å². The highest BCUT2D eigenvalue weighted by atomic mass is 15.1.